The number of aryl methyl sites for hydroxylation is 1. The summed E-state index contributed by atoms with van der Waals surface area (Å²) in [5, 5.41) is 3.31. The summed E-state index contributed by atoms with van der Waals surface area (Å²) in [6, 6.07) is 2.10. The fourth-order valence-electron chi connectivity index (χ4n) is 2.88. The van der Waals surface area contributed by atoms with Gasteiger partial charge in [-0.2, -0.15) is 0 Å². The van der Waals surface area contributed by atoms with E-state index in [-0.39, 0.29) is 5.92 Å². The molecular formula is C14H19N3O. The lowest BCUT2D eigenvalue weighted by molar-refractivity contribution is -0.136. The molecule has 18 heavy (non-hydrogen) atoms. The maximum atomic E-state index is 12.4. The summed E-state index contributed by atoms with van der Waals surface area (Å²) in [6.07, 6.45) is 4.05. The zero-order chi connectivity index (χ0) is 12.5. The Morgan fingerprint density at radius 2 is 2.28 bits per heavy atom. The lowest BCUT2D eigenvalue weighted by Gasteiger charge is -2.26. The van der Waals surface area contributed by atoms with Gasteiger partial charge < -0.3 is 10.2 Å². The molecule has 2 aliphatic heterocycles. The van der Waals surface area contributed by atoms with E-state index < -0.39 is 0 Å². The largest absolute Gasteiger partial charge is 0.334 e. The van der Waals surface area contributed by atoms with Crippen LogP contribution in [0.2, 0.25) is 0 Å². The predicted molar refractivity (Wildman–Crippen MR) is 68.8 cm³/mol. The molecule has 4 heteroatoms. The molecule has 3 rings (SSSR count). The third kappa shape index (κ3) is 2.12. The van der Waals surface area contributed by atoms with Crippen LogP contribution < -0.4 is 5.32 Å². The molecule has 0 unspecified atom stereocenters. The summed E-state index contributed by atoms with van der Waals surface area (Å²) >= 11 is 0. The van der Waals surface area contributed by atoms with E-state index in [0.717, 1.165) is 44.7 Å². The van der Waals surface area contributed by atoms with Gasteiger partial charge in [-0.3, -0.25) is 9.78 Å². The average molecular weight is 245 g/mol. The van der Waals surface area contributed by atoms with Gasteiger partial charge >= 0.3 is 0 Å². The number of pyridine rings is 1. The number of rotatable bonds is 1. The van der Waals surface area contributed by atoms with E-state index in [4.69, 9.17) is 0 Å². The van der Waals surface area contributed by atoms with Gasteiger partial charge in [-0.1, -0.05) is 0 Å². The highest BCUT2D eigenvalue weighted by Gasteiger charge is 2.29. The Bertz CT molecular complexity index is 466. The van der Waals surface area contributed by atoms with Crippen molar-refractivity contribution >= 4 is 5.91 Å². The molecule has 0 aliphatic carbocycles. The Hall–Kier alpha value is -1.42. The second kappa shape index (κ2) is 4.69. The minimum absolute atomic E-state index is 0.169. The predicted octanol–water partition coefficient (Wildman–Crippen LogP) is 1.23. The van der Waals surface area contributed by atoms with Gasteiger partial charge in [0.15, 0.2) is 0 Å². The molecule has 4 nitrogen and oxygen atoms in total. The minimum Gasteiger partial charge on any atom is -0.334 e. The third-order valence-corrected chi connectivity index (χ3v) is 3.90. The molecule has 1 aromatic rings. The van der Waals surface area contributed by atoms with Crippen LogP contribution in [-0.2, 0) is 17.9 Å². The van der Waals surface area contributed by atoms with Crippen molar-refractivity contribution < 1.29 is 4.79 Å². The van der Waals surface area contributed by atoms with Crippen LogP contribution in [0.25, 0.3) is 0 Å². The van der Waals surface area contributed by atoms with E-state index >= 15 is 0 Å². The maximum absolute atomic E-state index is 12.4. The Kier molecular flexibility index (Phi) is 3.04. The highest BCUT2D eigenvalue weighted by Crippen LogP contribution is 2.25. The first-order valence-electron chi connectivity index (χ1n) is 6.68. The van der Waals surface area contributed by atoms with Crippen molar-refractivity contribution in [1.82, 2.24) is 15.2 Å². The number of carbonyl (C=O) groups is 1. The van der Waals surface area contributed by atoms with Gasteiger partial charge in [0.1, 0.15) is 0 Å². The first kappa shape index (κ1) is 11.7. The number of nitrogens with zero attached hydrogens (tertiary/aromatic N) is 2. The van der Waals surface area contributed by atoms with Crippen LogP contribution >= 0.6 is 0 Å². The summed E-state index contributed by atoms with van der Waals surface area (Å²) in [5.41, 5.74) is 3.50. The number of piperidine rings is 1. The summed E-state index contributed by atoms with van der Waals surface area (Å²) < 4.78 is 0. The number of carbonyl (C=O) groups excluding carboxylic acids is 1. The summed E-state index contributed by atoms with van der Waals surface area (Å²) in [5.74, 6) is 0.471. The van der Waals surface area contributed by atoms with Crippen molar-refractivity contribution in [3.63, 3.8) is 0 Å². The van der Waals surface area contributed by atoms with Crippen LogP contribution in [0.5, 0.6) is 0 Å². The van der Waals surface area contributed by atoms with Crippen LogP contribution in [0.3, 0.4) is 0 Å². The van der Waals surface area contributed by atoms with Crippen LogP contribution in [0.15, 0.2) is 12.3 Å². The molecule has 1 aromatic heterocycles. The molecule has 1 amide bonds. The number of hydrogen-bond donors (Lipinski definition) is 1. The number of fused-ring (bicyclic) bond motifs is 1. The third-order valence-electron chi connectivity index (χ3n) is 3.90. The standard InChI is InChI=1S/C14H19N3O/c1-10-5-12-8-17(9-13(12)7-16-10)14(18)11-3-2-4-15-6-11/h5,7,11,15H,2-4,6,8-9H2,1H3/t11-/m0/s1. The van der Waals surface area contributed by atoms with Crippen molar-refractivity contribution in [3.05, 3.63) is 29.1 Å². The van der Waals surface area contributed by atoms with E-state index in [1.54, 1.807) is 0 Å². The van der Waals surface area contributed by atoms with E-state index in [2.05, 4.69) is 16.4 Å². The van der Waals surface area contributed by atoms with Crippen molar-refractivity contribution in [1.29, 1.82) is 0 Å². The van der Waals surface area contributed by atoms with Gasteiger partial charge in [0.2, 0.25) is 5.91 Å². The molecule has 1 N–H and O–H groups in total. The van der Waals surface area contributed by atoms with E-state index in [1.807, 2.05) is 18.0 Å². The molecule has 2 aliphatic rings. The number of aromatic nitrogens is 1. The van der Waals surface area contributed by atoms with Crippen LogP contribution in [0.4, 0.5) is 0 Å². The fraction of sp³-hybridized carbons (Fsp3) is 0.571. The number of nitrogens with one attached hydrogen (secondary N) is 1. The Morgan fingerprint density at radius 3 is 3.06 bits per heavy atom. The molecule has 96 valence electrons. The molecule has 0 spiro atoms. The molecule has 1 saturated heterocycles. The normalized spacial score (nSPS) is 22.9. The fourth-order valence-corrected chi connectivity index (χ4v) is 2.88. The summed E-state index contributed by atoms with van der Waals surface area (Å²) in [7, 11) is 0. The first-order valence-corrected chi connectivity index (χ1v) is 6.68. The smallest absolute Gasteiger partial charge is 0.227 e. The minimum atomic E-state index is 0.169. The molecule has 0 bridgehead atoms. The molecular weight excluding hydrogens is 226 g/mol. The summed E-state index contributed by atoms with van der Waals surface area (Å²) in [6.45, 7) is 5.37. The molecule has 0 radical (unpaired) electrons. The van der Waals surface area contributed by atoms with Gasteiger partial charge in [0, 0.05) is 31.5 Å². The monoisotopic (exact) mass is 245 g/mol. The molecule has 0 saturated carbocycles. The van der Waals surface area contributed by atoms with Crippen molar-refractivity contribution in [2.24, 2.45) is 5.92 Å². The van der Waals surface area contributed by atoms with E-state index in [0.29, 0.717) is 5.91 Å². The lowest BCUT2D eigenvalue weighted by Crippen LogP contribution is -2.40. The van der Waals surface area contributed by atoms with Gasteiger partial charge in [-0.15, -0.1) is 0 Å². The Morgan fingerprint density at radius 1 is 1.44 bits per heavy atom. The Balaban J connectivity index is 1.71. The maximum Gasteiger partial charge on any atom is 0.227 e. The highest BCUT2D eigenvalue weighted by atomic mass is 16.2. The average Bonchev–Trinajstić information content (AvgIpc) is 2.81. The Labute approximate surface area is 107 Å². The van der Waals surface area contributed by atoms with Crippen LogP contribution in [0, 0.1) is 12.8 Å². The molecule has 3 heterocycles. The van der Waals surface area contributed by atoms with Gasteiger partial charge in [0.25, 0.3) is 0 Å². The second-order valence-electron chi connectivity index (χ2n) is 5.33. The summed E-state index contributed by atoms with van der Waals surface area (Å²) in [4.78, 5) is 18.7. The number of amides is 1. The molecule has 1 fully saturated rings. The lowest BCUT2D eigenvalue weighted by atomic mass is 9.98. The van der Waals surface area contributed by atoms with Crippen LogP contribution in [0.1, 0.15) is 29.7 Å². The highest BCUT2D eigenvalue weighted by molar-refractivity contribution is 5.79. The second-order valence-corrected chi connectivity index (χ2v) is 5.33. The van der Waals surface area contributed by atoms with Crippen LogP contribution in [-0.4, -0.2) is 28.9 Å². The molecule has 1 atom stereocenters. The van der Waals surface area contributed by atoms with Crippen molar-refractivity contribution in [2.45, 2.75) is 32.9 Å². The topological polar surface area (TPSA) is 45.2 Å². The van der Waals surface area contributed by atoms with Crippen molar-refractivity contribution in [2.75, 3.05) is 13.1 Å². The molecule has 0 aromatic carbocycles. The van der Waals surface area contributed by atoms with Crippen molar-refractivity contribution in [3.8, 4) is 0 Å². The van der Waals surface area contributed by atoms with Gasteiger partial charge in [0.05, 0.1) is 5.92 Å². The zero-order valence-corrected chi connectivity index (χ0v) is 10.8. The quantitative estimate of drug-likeness (QED) is 0.809. The van der Waals surface area contributed by atoms with E-state index in [1.165, 1.54) is 11.1 Å². The SMILES string of the molecule is Cc1cc2c(cn1)CN(C(=O)[C@H]1CCCNC1)C2. The van der Waals surface area contributed by atoms with Gasteiger partial charge in [-0.05, 0) is 43.5 Å². The first-order chi connectivity index (χ1) is 8.74. The zero-order valence-electron chi connectivity index (χ0n) is 10.8. The number of hydrogen-bond acceptors (Lipinski definition) is 3. The van der Waals surface area contributed by atoms with E-state index in [9.17, 15) is 4.79 Å². The van der Waals surface area contributed by atoms with Gasteiger partial charge in [-0.25, -0.2) is 0 Å².